The number of non-ortho nitro benzene ring substituents is 1. The van der Waals surface area contributed by atoms with Crippen molar-refractivity contribution < 1.29 is 9.72 Å². The Kier molecular flexibility index (Phi) is 4.44. The maximum atomic E-state index is 12.8. The van der Waals surface area contributed by atoms with E-state index in [1.807, 2.05) is 17.5 Å². The van der Waals surface area contributed by atoms with Crippen molar-refractivity contribution in [2.24, 2.45) is 0 Å². The van der Waals surface area contributed by atoms with E-state index in [2.05, 4.69) is 4.98 Å². The molecule has 0 bridgehead atoms. The molecular formula is C18H16N4O4S. The van der Waals surface area contributed by atoms with Gasteiger partial charge in [0.2, 0.25) is 5.91 Å². The zero-order valence-electron chi connectivity index (χ0n) is 14.3. The van der Waals surface area contributed by atoms with Gasteiger partial charge in [-0.25, -0.2) is 4.98 Å². The van der Waals surface area contributed by atoms with E-state index >= 15 is 0 Å². The van der Waals surface area contributed by atoms with Crippen molar-refractivity contribution in [1.29, 1.82) is 0 Å². The van der Waals surface area contributed by atoms with E-state index in [-0.39, 0.29) is 29.6 Å². The fourth-order valence-electron chi connectivity index (χ4n) is 3.45. The second kappa shape index (κ2) is 6.92. The van der Waals surface area contributed by atoms with Crippen LogP contribution < -0.4 is 5.56 Å². The number of likely N-dealkylation sites (tertiary alicyclic amines) is 1. The molecule has 1 atom stereocenters. The smallest absolute Gasteiger partial charge is 0.270 e. The van der Waals surface area contributed by atoms with Gasteiger partial charge >= 0.3 is 0 Å². The van der Waals surface area contributed by atoms with Crippen LogP contribution in [0.1, 0.15) is 23.8 Å². The summed E-state index contributed by atoms with van der Waals surface area (Å²) in [5, 5.41) is 13.1. The van der Waals surface area contributed by atoms with Gasteiger partial charge in [0, 0.05) is 23.6 Å². The summed E-state index contributed by atoms with van der Waals surface area (Å²) < 4.78 is 1.22. The number of hydrogen-bond donors (Lipinski definition) is 0. The molecule has 0 radical (unpaired) electrons. The largest absolute Gasteiger partial charge is 0.333 e. The molecule has 0 saturated carbocycles. The van der Waals surface area contributed by atoms with Gasteiger partial charge in [-0.15, -0.1) is 11.3 Å². The van der Waals surface area contributed by atoms with Crippen LogP contribution in [0, 0.1) is 10.1 Å². The van der Waals surface area contributed by atoms with Crippen molar-refractivity contribution in [3.8, 4) is 0 Å². The fraction of sp³-hybridized carbons (Fsp3) is 0.278. The lowest BCUT2D eigenvalue weighted by Gasteiger charge is -2.24. The van der Waals surface area contributed by atoms with E-state index in [4.69, 9.17) is 0 Å². The Morgan fingerprint density at radius 2 is 2.22 bits per heavy atom. The molecule has 1 amide bonds. The van der Waals surface area contributed by atoms with Gasteiger partial charge in [0.05, 0.1) is 28.2 Å². The van der Waals surface area contributed by atoms with Crippen LogP contribution >= 0.6 is 11.3 Å². The van der Waals surface area contributed by atoms with E-state index in [0.717, 1.165) is 17.7 Å². The summed E-state index contributed by atoms with van der Waals surface area (Å²) >= 11 is 1.62. The predicted octanol–water partition coefficient (Wildman–Crippen LogP) is 2.73. The summed E-state index contributed by atoms with van der Waals surface area (Å²) in [6.45, 7) is 0.523. The molecule has 1 aromatic carbocycles. The molecule has 9 heteroatoms. The summed E-state index contributed by atoms with van der Waals surface area (Å²) in [5.41, 5.74) is -0.265. The second-order valence-electron chi connectivity index (χ2n) is 6.40. The number of carbonyl (C=O) groups is 1. The van der Waals surface area contributed by atoms with Gasteiger partial charge in [-0.05, 0) is 30.4 Å². The SMILES string of the molecule is O=C(Cn1cnc2ccc([N+](=O)[O-])cc2c1=O)N1CCCC1c1cccs1. The van der Waals surface area contributed by atoms with Gasteiger partial charge in [-0.3, -0.25) is 24.3 Å². The Balaban J connectivity index is 1.63. The van der Waals surface area contributed by atoms with E-state index in [1.54, 1.807) is 16.2 Å². The highest BCUT2D eigenvalue weighted by Gasteiger charge is 2.30. The average molecular weight is 384 g/mol. The Morgan fingerprint density at radius 1 is 1.37 bits per heavy atom. The second-order valence-corrected chi connectivity index (χ2v) is 7.38. The minimum Gasteiger partial charge on any atom is -0.333 e. The summed E-state index contributed by atoms with van der Waals surface area (Å²) in [6, 6.07) is 7.97. The quantitative estimate of drug-likeness (QED) is 0.509. The molecule has 1 fully saturated rings. The van der Waals surface area contributed by atoms with Crippen LogP contribution in [0.15, 0.2) is 46.8 Å². The number of aromatic nitrogens is 2. The first kappa shape index (κ1) is 17.3. The Labute approximate surface area is 157 Å². The third-order valence-electron chi connectivity index (χ3n) is 4.77. The Hall–Kier alpha value is -3.07. The fourth-order valence-corrected chi connectivity index (χ4v) is 4.33. The zero-order valence-corrected chi connectivity index (χ0v) is 15.1. The first-order valence-electron chi connectivity index (χ1n) is 8.51. The minimum atomic E-state index is -0.558. The van der Waals surface area contributed by atoms with Gasteiger partial charge in [0.15, 0.2) is 0 Å². The lowest BCUT2D eigenvalue weighted by Crippen LogP contribution is -2.36. The van der Waals surface area contributed by atoms with E-state index in [9.17, 15) is 19.7 Å². The molecule has 0 aliphatic carbocycles. The van der Waals surface area contributed by atoms with Crippen molar-refractivity contribution in [3.05, 3.63) is 67.4 Å². The molecule has 1 aliphatic heterocycles. The van der Waals surface area contributed by atoms with Crippen molar-refractivity contribution in [2.75, 3.05) is 6.54 Å². The first-order chi connectivity index (χ1) is 13.0. The number of nitro benzene ring substituents is 1. The van der Waals surface area contributed by atoms with Crippen molar-refractivity contribution >= 4 is 33.8 Å². The number of nitro groups is 1. The van der Waals surface area contributed by atoms with Gasteiger partial charge in [-0.2, -0.15) is 0 Å². The molecular weight excluding hydrogens is 368 g/mol. The van der Waals surface area contributed by atoms with Crippen LogP contribution in [0.5, 0.6) is 0 Å². The maximum absolute atomic E-state index is 12.8. The first-order valence-corrected chi connectivity index (χ1v) is 9.39. The molecule has 0 N–H and O–H groups in total. The summed E-state index contributed by atoms with van der Waals surface area (Å²) in [6.07, 6.45) is 3.15. The molecule has 27 heavy (non-hydrogen) atoms. The molecule has 3 heterocycles. The van der Waals surface area contributed by atoms with E-state index in [0.29, 0.717) is 12.1 Å². The summed E-state index contributed by atoms with van der Waals surface area (Å²) in [5.74, 6) is -0.153. The number of amides is 1. The summed E-state index contributed by atoms with van der Waals surface area (Å²) in [4.78, 5) is 43.0. The number of fused-ring (bicyclic) bond motifs is 1. The summed E-state index contributed by atoms with van der Waals surface area (Å²) in [7, 11) is 0. The monoisotopic (exact) mass is 384 g/mol. The minimum absolute atomic E-state index is 0.0442. The third kappa shape index (κ3) is 3.21. The Bertz CT molecular complexity index is 1080. The van der Waals surface area contributed by atoms with Gasteiger partial charge in [-0.1, -0.05) is 6.07 Å². The van der Waals surface area contributed by atoms with Crippen LogP contribution in [0.2, 0.25) is 0 Å². The molecule has 138 valence electrons. The number of nitrogens with zero attached hydrogens (tertiary/aromatic N) is 4. The van der Waals surface area contributed by atoms with Crippen molar-refractivity contribution in [1.82, 2.24) is 14.5 Å². The molecule has 1 saturated heterocycles. The van der Waals surface area contributed by atoms with Gasteiger partial charge in [0.25, 0.3) is 11.2 Å². The lowest BCUT2D eigenvalue weighted by molar-refractivity contribution is -0.384. The number of thiophene rings is 1. The van der Waals surface area contributed by atoms with Crippen LogP contribution in [0.4, 0.5) is 5.69 Å². The lowest BCUT2D eigenvalue weighted by atomic mass is 10.2. The Morgan fingerprint density at radius 3 is 2.96 bits per heavy atom. The number of rotatable bonds is 4. The van der Waals surface area contributed by atoms with E-state index in [1.165, 1.54) is 29.1 Å². The van der Waals surface area contributed by atoms with Crippen LogP contribution in [-0.2, 0) is 11.3 Å². The van der Waals surface area contributed by atoms with Crippen LogP contribution in [0.3, 0.4) is 0 Å². The third-order valence-corrected chi connectivity index (χ3v) is 5.74. The zero-order chi connectivity index (χ0) is 19.0. The molecule has 3 aromatic rings. The molecule has 1 unspecified atom stereocenters. The highest BCUT2D eigenvalue weighted by Crippen LogP contribution is 2.34. The molecule has 8 nitrogen and oxygen atoms in total. The van der Waals surface area contributed by atoms with Crippen LogP contribution in [-0.4, -0.2) is 31.8 Å². The normalized spacial score (nSPS) is 16.7. The average Bonchev–Trinajstić information content (AvgIpc) is 3.34. The number of carbonyl (C=O) groups excluding carboxylic acids is 1. The topological polar surface area (TPSA) is 98.3 Å². The predicted molar refractivity (Wildman–Crippen MR) is 101 cm³/mol. The maximum Gasteiger partial charge on any atom is 0.270 e. The van der Waals surface area contributed by atoms with Gasteiger partial charge in [0.1, 0.15) is 6.54 Å². The number of hydrogen-bond acceptors (Lipinski definition) is 6. The highest BCUT2D eigenvalue weighted by atomic mass is 32.1. The molecule has 0 spiro atoms. The van der Waals surface area contributed by atoms with Crippen molar-refractivity contribution in [2.45, 2.75) is 25.4 Å². The molecule has 2 aromatic heterocycles. The molecule has 1 aliphatic rings. The number of benzene rings is 1. The highest BCUT2D eigenvalue weighted by molar-refractivity contribution is 7.10. The molecule has 4 rings (SSSR count). The van der Waals surface area contributed by atoms with Gasteiger partial charge < -0.3 is 4.90 Å². The van der Waals surface area contributed by atoms with E-state index < -0.39 is 10.5 Å². The van der Waals surface area contributed by atoms with Crippen LogP contribution in [0.25, 0.3) is 10.9 Å². The van der Waals surface area contributed by atoms with Crippen molar-refractivity contribution in [3.63, 3.8) is 0 Å². The standard InChI is InChI=1S/C18H16N4O4S/c23-17(21-7-1-3-15(21)16-4-2-8-27-16)10-20-11-19-14-6-5-12(22(25)26)9-13(14)18(20)24/h2,4-6,8-9,11,15H,1,3,7,10H2.